The normalized spacial score (nSPS) is 10.9. The highest BCUT2D eigenvalue weighted by Gasteiger charge is 2.13. The van der Waals surface area contributed by atoms with E-state index in [0.29, 0.717) is 11.2 Å². The van der Waals surface area contributed by atoms with Crippen molar-refractivity contribution in [1.29, 1.82) is 0 Å². The summed E-state index contributed by atoms with van der Waals surface area (Å²) in [5, 5.41) is 4.52. The van der Waals surface area contributed by atoms with Gasteiger partial charge in [-0.3, -0.25) is 0 Å². The summed E-state index contributed by atoms with van der Waals surface area (Å²) in [6.45, 7) is 4.11. The fourth-order valence-corrected chi connectivity index (χ4v) is 2.53. The predicted molar refractivity (Wildman–Crippen MR) is 84.9 cm³/mol. The Labute approximate surface area is 132 Å². The minimum absolute atomic E-state index is 0.318. The molecule has 0 saturated heterocycles. The van der Waals surface area contributed by atoms with Crippen molar-refractivity contribution in [1.82, 2.24) is 29.7 Å². The number of rotatable bonds is 3. The maximum absolute atomic E-state index is 5.72. The van der Waals surface area contributed by atoms with Crippen LogP contribution in [0.25, 0.3) is 16.8 Å². The summed E-state index contributed by atoms with van der Waals surface area (Å²) in [7, 11) is 0. The summed E-state index contributed by atoms with van der Waals surface area (Å²) in [5.74, 6) is 0.778. The third-order valence-corrected chi connectivity index (χ3v) is 3.65. The maximum atomic E-state index is 5.72. The van der Waals surface area contributed by atoms with Gasteiger partial charge in [-0.05, 0) is 13.8 Å². The van der Waals surface area contributed by atoms with Crippen LogP contribution in [0.2, 0.25) is 0 Å². The highest BCUT2D eigenvalue weighted by molar-refractivity contribution is 7.71. The summed E-state index contributed by atoms with van der Waals surface area (Å²) in [6, 6.07) is 0. The summed E-state index contributed by atoms with van der Waals surface area (Å²) in [6.07, 6.45) is 6.82. The van der Waals surface area contributed by atoms with E-state index in [1.165, 1.54) is 6.33 Å². The molecule has 0 fully saturated rings. The first kappa shape index (κ1) is 14.5. The number of nitrogens with one attached hydrogen (secondary N) is 1. The first-order chi connectivity index (χ1) is 10.6. The van der Waals surface area contributed by atoms with E-state index in [4.69, 9.17) is 18.0 Å². The molecular formula is C14H15N7S. The van der Waals surface area contributed by atoms with E-state index in [9.17, 15) is 0 Å². The van der Waals surface area contributed by atoms with Gasteiger partial charge in [0.1, 0.15) is 22.5 Å². The van der Waals surface area contributed by atoms with Gasteiger partial charge in [-0.2, -0.15) is 5.10 Å². The average molecular weight is 313 g/mol. The minimum Gasteiger partial charge on any atom is -0.335 e. The Bertz CT molecular complexity index is 881. The molecule has 3 aromatic heterocycles. The molecule has 3 heterocycles. The molecule has 0 aromatic carbocycles. The Morgan fingerprint density at radius 3 is 2.77 bits per heavy atom. The number of nitrogens with two attached hydrogens (primary N) is 1. The standard InChI is InChI=1S/C14H15N7S/c1-8-11(10-4-17-9(2)19-14(10)22)6-21(20-8)13-5-16-7-18-12(13)3-15/h4-7H,3,15H2,1-2H3,(H,17,19,22). The molecule has 0 atom stereocenters. The van der Waals surface area contributed by atoms with Crippen molar-refractivity contribution >= 4 is 12.2 Å². The lowest BCUT2D eigenvalue weighted by Gasteiger charge is -2.05. The van der Waals surface area contributed by atoms with Gasteiger partial charge in [0, 0.05) is 30.1 Å². The Kier molecular flexibility index (Phi) is 3.78. The van der Waals surface area contributed by atoms with Crippen molar-refractivity contribution in [3.8, 4) is 16.8 Å². The van der Waals surface area contributed by atoms with Gasteiger partial charge in [0.25, 0.3) is 0 Å². The summed E-state index contributed by atoms with van der Waals surface area (Å²) >= 11 is 5.38. The topological polar surface area (TPSA) is 98.3 Å². The van der Waals surface area contributed by atoms with Gasteiger partial charge in [0.05, 0.1) is 17.6 Å². The van der Waals surface area contributed by atoms with Crippen LogP contribution in [0.15, 0.2) is 24.9 Å². The van der Waals surface area contributed by atoms with E-state index in [-0.39, 0.29) is 0 Å². The Morgan fingerprint density at radius 2 is 2.05 bits per heavy atom. The monoisotopic (exact) mass is 313 g/mol. The van der Waals surface area contributed by atoms with Crippen LogP contribution in [-0.4, -0.2) is 29.7 Å². The van der Waals surface area contributed by atoms with Crippen LogP contribution >= 0.6 is 12.2 Å². The zero-order valence-corrected chi connectivity index (χ0v) is 13.1. The van der Waals surface area contributed by atoms with E-state index < -0.39 is 0 Å². The molecule has 3 N–H and O–H groups in total. The highest BCUT2D eigenvalue weighted by Crippen LogP contribution is 2.24. The van der Waals surface area contributed by atoms with Crippen molar-refractivity contribution in [2.24, 2.45) is 5.73 Å². The number of hydrogen-bond donors (Lipinski definition) is 2. The number of aromatic amines is 1. The number of aromatic nitrogens is 6. The first-order valence-corrected chi connectivity index (χ1v) is 7.13. The van der Waals surface area contributed by atoms with Gasteiger partial charge in [0.2, 0.25) is 0 Å². The molecule has 3 rings (SSSR count). The molecular weight excluding hydrogens is 298 g/mol. The second-order valence-electron chi connectivity index (χ2n) is 4.84. The number of nitrogens with zero attached hydrogens (tertiary/aromatic N) is 5. The molecule has 0 unspecified atom stereocenters. The Balaban J connectivity index is 2.14. The van der Waals surface area contributed by atoms with E-state index in [1.807, 2.05) is 20.0 Å². The molecule has 3 aromatic rings. The Morgan fingerprint density at radius 1 is 1.23 bits per heavy atom. The molecule has 8 heteroatoms. The zero-order valence-electron chi connectivity index (χ0n) is 12.2. The van der Waals surface area contributed by atoms with Crippen molar-refractivity contribution in [3.05, 3.63) is 46.8 Å². The van der Waals surface area contributed by atoms with Crippen LogP contribution in [0.5, 0.6) is 0 Å². The third kappa shape index (κ3) is 2.53. The van der Waals surface area contributed by atoms with Gasteiger partial charge in [-0.25, -0.2) is 19.6 Å². The maximum Gasteiger partial charge on any atom is 0.115 e. The van der Waals surface area contributed by atoms with Crippen molar-refractivity contribution in [2.45, 2.75) is 20.4 Å². The smallest absolute Gasteiger partial charge is 0.115 e. The number of H-pyrrole nitrogens is 1. The first-order valence-electron chi connectivity index (χ1n) is 6.72. The zero-order chi connectivity index (χ0) is 15.7. The van der Waals surface area contributed by atoms with Gasteiger partial charge in [-0.1, -0.05) is 12.2 Å². The van der Waals surface area contributed by atoms with Crippen LogP contribution in [-0.2, 0) is 6.54 Å². The molecule has 0 aliphatic carbocycles. The van der Waals surface area contributed by atoms with E-state index >= 15 is 0 Å². The van der Waals surface area contributed by atoms with Crippen molar-refractivity contribution < 1.29 is 0 Å². The summed E-state index contributed by atoms with van der Waals surface area (Å²) < 4.78 is 2.36. The number of aryl methyl sites for hydroxylation is 2. The lowest BCUT2D eigenvalue weighted by atomic mass is 10.1. The SMILES string of the molecule is Cc1ncc(-c2cn(-c3cncnc3CN)nc2C)c(=S)[nH]1. The second kappa shape index (κ2) is 5.74. The van der Waals surface area contributed by atoms with Gasteiger partial charge in [0.15, 0.2) is 0 Å². The van der Waals surface area contributed by atoms with Crippen molar-refractivity contribution in [2.75, 3.05) is 0 Å². The van der Waals surface area contributed by atoms with Crippen LogP contribution in [0.4, 0.5) is 0 Å². The van der Waals surface area contributed by atoms with Gasteiger partial charge in [-0.15, -0.1) is 0 Å². The minimum atomic E-state index is 0.318. The Hall–Kier alpha value is -2.45. The highest BCUT2D eigenvalue weighted by atomic mass is 32.1. The summed E-state index contributed by atoms with van der Waals surface area (Å²) in [4.78, 5) is 15.5. The number of hydrogen-bond acceptors (Lipinski definition) is 6. The molecule has 22 heavy (non-hydrogen) atoms. The van der Waals surface area contributed by atoms with E-state index in [2.05, 4.69) is 25.0 Å². The molecule has 0 bridgehead atoms. The van der Waals surface area contributed by atoms with E-state index in [0.717, 1.165) is 34.0 Å². The summed E-state index contributed by atoms with van der Waals surface area (Å²) in [5.41, 5.74) is 9.82. The lowest BCUT2D eigenvalue weighted by molar-refractivity contribution is 0.815. The second-order valence-corrected chi connectivity index (χ2v) is 5.25. The van der Waals surface area contributed by atoms with E-state index in [1.54, 1.807) is 17.1 Å². The van der Waals surface area contributed by atoms with Crippen LogP contribution < -0.4 is 5.73 Å². The van der Waals surface area contributed by atoms with Gasteiger partial charge < -0.3 is 10.7 Å². The fourth-order valence-electron chi connectivity index (χ4n) is 2.22. The third-order valence-electron chi connectivity index (χ3n) is 3.33. The average Bonchev–Trinajstić information content (AvgIpc) is 2.89. The molecule has 0 aliphatic rings. The molecule has 7 nitrogen and oxygen atoms in total. The van der Waals surface area contributed by atoms with Crippen LogP contribution in [0.3, 0.4) is 0 Å². The molecule has 0 spiro atoms. The fraction of sp³-hybridized carbons (Fsp3) is 0.214. The van der Waals surface area contributed by atoms with Gasteiger partial charge >= 0.3 is 0 Å². The quantitative estimate of drug-likeness (QED) is 0.716. The lowest BCUT2D eigenvalue weighted by Crippen LogP contribution is -2.08. The van der Waals surface area contributed by atoms with Crippen LogP contribution in [0.1, 0.15) is 17.2 Å². The molecule has 0 saturated carbocycles. The molecule has 0 aliphatic heterocycles. The van der Waals surface area contributed by atoms with Crippen LogP contribution in [0, 0.1) is 18.5 Å². The molecule has 112 valence electrons. The van der Waals surface area contributed by atoms with Crippen molar-refractivity contribution in [3.63, 3.8) is 0 Å². The largest absolute Gasteiger partial charge is 0.335 e. The molecule has 0 amide bonds. The predicted octanol–water partition coefficient (Wildman–Crippen LogP) is 1.86. The molecule has 0 radical (unpaired) electrons.